The third kappa shape index (κ3) is 3.80. The Balaban J connectivity index is 2.98. The molecule has 0 fully saturated rings. The molecule has 0 saturated carbocycles. The molecule has 1 aromatic rings. The molecule has 1 aromatic carbocycles. The number of hydrogen-bond acceptors (Lipinski definition) is 5. The topological polar surface area (TPSA) is 107 Å². The summed E-state index contributed by atoms with van der Waals surface area (Å²) in [5.74, 6) is -0.535. The van der Waals surface area contributed by atoms with Gasteiger partial charge in [0.15, 0.2) is 0 Å². The standard InChI is InChI=1S/C11H14ClN3O4/c1-6(19-2)5-14-11(16)8-3-7(15(17)18)4-9(12)10(8)13/h3-4,6H,5,13H2,1-2H3,(H,14,16). The van der Waals surface area contributed by atoms with Crippen LogP contribution >= 0.6 is 11.6 Å². The number of anilines is 1. The summed E-state index contributed by atoms with van der Waals surface area (Å²) in [6.07, 6.45) is -0.181. The minimum absolute atomic E-state index is 0.00911. The minimum atomic E-state index is -0.639. The molecule has 0 aliphatic carbocycles. The second-order valence-corrected chi connectivity index (χ2v) is 4.31. The molecule has 0 heterocycles. The second-order valence-electron chi connectivity index (χ2n) is 3.90. The first-order chi connectivity index (χ1) is 8.86. The second kappa shape index (κ2) is 6.35. The van der Waals surface area contributed by atoms with E-state index in [1.54, 1.807) is 6.92 Å². The summed E-state index contributed by atoms with van der Waals surface area (Å²) >= 11 is 5.76. The van der Waals surface area contributed by atoms with Gasteiger partial charge in [0.1, 0.15) is 0 Å². The third-order valence-corrected chi connectivity index (χ3v) is 2.83. The number of non-ortho nitro benzene ring substituents is 1. The van der Waals surface area contributed by atoms with Gasteiger partial charge in [-0.25, -0.2) is 0 Å². The predicted octanol–water partition coefficient (Wildman–Crippen LogP) is 1.60. The van der Waals surface area contributed by atoms with E-state index in [1.807, 2.05) is 0 Å². The average molecular weight is 288 g/mol. The number of rotatable bonds is 5. The summed E-state index contributed by atoms with van der Waals surface area (Å²) in [7, 11) is 1.51. The summed E-state index contributed by atoms with van der Waals surface area (Å²) in [5.41, 5.74) is 5.34. The number of nitro benzene ring substituents is 1. The number of nitro groups is 1. The van der Waals surface area contributed by atoms with Gasteiger partial charge in [0.2, 0.25) is 0 Å². The molecule has 1 atom stereocenters. The number of carbonyl (C=O) groups excluding carboxylic acids is 1. The van der Waals surface area contributed by atoms with Crippen LogP contribution in [0.15, 0.2) is 12.1 Å². The number of ether oxygens (including phenoxy) is 1. The third-order valence-electron chi connectivity index (χ3n) is 2.52. The lowest BCUT2D eigenvalue weighted by molar-refractivity contribution is -0.384. The first kappa shape index (κ1) is 15.2. The molecule has 0 aliphatic rings. The fourth-order valence-electron chi connectivity index (χ4n) is 1.31. The van der Waals surface area contributed by atoms with Crippen LogP contribution in [-0.4, -0.2) is 30.6 Å². The summed E-state index contributed by atoms with van der Waals surface area (Å²) in [6.45, 7) is 2.03. The highest BCUT2D eigenvalue weighted by Crippen LogP contribution is 2.28. The van der Waals surface area contributed by atoms with E-state index in [0.29, 0.717) is 0 Å². The van der Waals surface area contributed by atoms with Crippen molar-refractivity contribution in [3.63, 3.8) is 0 Å². The maximum Gasteiger partial charge on any atom is 0.271 e. The van der Waals surface area contributed by atoms with Crippen LogP contribution < -0.4 is 11.1 Å². The number of carbonyl (C=O) groups is 1. The van der Waals surface area contributed by atoms with Crippen molar-refractivity contribution in [2.24, 2.45) is 0 Å². The summed E-state index contributed by atoms with van der Waals surface area (Å²) in [4.78, 5) is 22.0. The number of nitrogens with one attached hydrogen (secondary N) is 1. The van der Waals surface area contributed by atoms with Crippen LogP contribution in [0.1, 0.15) is 17.3 Å². The SMILES string of the molecule is COC(C)CNC(=O)c1cc([N+](=O)[O-])cc(Cl)c1N. The number of nitrogens with zero attached hydrogens (tertiary/aromatic N) is 1. The van der Waals surface area contributed by atoms with E-state index < -0.39 is 10.8 Å². The van der Waals surface area contributed by atoms with Crippen molar-refractivity contribution < 1.29 is 14.5 Å². The zero-order valence-corrected chi connectivity index (χ0v) is 11.2. The molecular weight excluding hydrogens is 274 g/mol. The first-order valence-corrected chi connectivity index (χ1v) is 5.79. The van der Waals surface area contributed by atoms with Crippen molar-refractivity contribution in [3.8, 4) is 0 Å². The van der Waals surface area contributed by atoms with Crippen molar-refractivity contribution in [1.29, 1.82) is 0 Å². The Kier molecular flexibility index (Phi) is 5.08. The normalized spacial score (nSPS) is 11.9. The van der Waals surface area contributed by atoms with E-state index in [1.165, 1.54) is 7.11 Å². The fraction of sp³-hybridized carbons (Fsp3) is 0.364. The molecule has 0 bridgehead atoms. The molecule has 0 saturated heterocycles. The molecule has 8 heteroatoms. The quantitative estimate of drug-likeness (QED) is 0.486. The molecule has 104 valence electrons. The molecule has 1 amide bonds. The highest BCUT2D eigenvalue weighted by molar-refractivity contribution is 6.34. The molecule has 0 aromatic heterocycles. The van der Waals surface area contributed by atoms with Gasteiger partial charge in [-0.2, -0.15) is 0 Å². The predicted molar refractivity (Wildman–Crippen MR) is 71.3 cm³/mol. The maximum absolute atomic E-state index is 11.9. The lowest BCUT2D eigenvalue weighted by atomic mass is 10.1. The van der Waals surface area contributed by atoms with Crippen LogP contribution in [0.4, 0.5) is 11.4 Å². The van der Waals surface area contributed by atoms with Gasteiger partial charge in [-0.3, -0.25) is 14.9 Å². The Morgan fingerprint density at radius 1 is 1.63 bits per heavy atom. The van der Waals surface area contributed by atoms with Crippen LogP contribution in [0.5, 0.6) is 0 Å². The molecular formula is C11H14ClN3O4. The average Bonchev–Trinajstić information content (AvgIpc) is 2.38. The van der Waals surface area contributed by atoms with Crippen LogP contribution in [0.3, 0.4) is 0 Å². The number of amides is 1. The molecule has 1 rings (SSSR count). The van der Waals surface area contributed by atoms with Gasteiger partial charge < -0.3 is 15.8 Å². The Bertz CT molecular complexity index is 507. The molecule has 0 aliphatic heterocycles. The van der Waals surface area contributed by atoms with Crippen LogP contribution in [0.2, 0.25) is 5.02 Å². The van der Waals surface area contributed by atoms with Gasteiger partial charge in [0, 0.05) is 25.8 Å². The minimum Gasteiger partial charge on any atom is -0.397 e. The van der Waals surface area contributed by atoms with Crippen molar-refractivity contribution in [1.82, 2.24) is 5.32 Å². The van der Waals surface area contributed by atoms with Crippen molar-refractivity contribution in [2.75, 3.05) is 19.4 Å². The summed E-state index contributed by atoms with van der Waals surface area (Å²) < 4.78 is 4.97. The zero-order valence-electron chi connectivity index (χ0n) is 10.5. The number of nitrogens with two attached hydrogens (primary N) is 1. The van der Waals surface area contributed by atoms with Gasteiger partial charge in [0.25, 0.3) is 11.6 Å². The summed E-state index contributed by atoms with van der Waals surface area (Å²) in [5, 5.41) is 13.2. The largest absolute Gasteiger partial charge is 0.397 e. The Hall–Kier alpha value is -1.86. The molecule has 0 radical (unpaired) electrons. The molecule has 1 unspecified atom stereocenters. The number of methoxy groups -OCH3 is 1. The van der Waals surface area contributed by atoms with E-state index in [0.717, 1.165) is 12.1 Å². The van der Waals surface area contributed by atoms with Crippen molar-refractivity contribution in [2.45, 2.75) is 13.0 Å². The summed E-state index contributed by atoms with van der Waals surface area (Å²) in [6, 6.07) is 2.19. The Morgan fingerprint density at radius 2 is 2.26 bits per heavy atom. The van der Waals surface area contributed by atoms with Gasteiger partial charge >= 0.3 is 0 Å². The Labute approximate surface area is 114 Å². The smallest absolute Gasteiger partial charge is 0.271 e. The van der Waals surface area contributed by atoms with Crippen LogP contribution in [0.25, 0.3) is 0 Å². The van der Waals surface area contributed by atoms with Crippen LogP contribution in [-0.2, 0) is 4.74 Å². The van der Waals surface area contributed by atoms with Gasteiger partial charge in [-0.15, -0.1) is 0 Å². The van der Waals surface area contributed by atoms with Gasteiger partial charge in [-0.1, -0.05) is 11.6 Å². The molecule has 19 heavy (non-hydrogen) atoms. The fourth-order valence-corrected chi connectivity index (χ4v) is 1.53. The van der Waals surface area contributed by atoms with Gasteiger partial charge in [0.05, 0.1) is 27.3 Å². The maximum atomic E-state index is 11.9. The number of benzene rings is 1. The monoisotopic (exact) mass is 287 g/mol. The number of hydrogen-bond donors (Lipinski definition) is 2. The zero-order chi connectivity index (χ0) is 14.6. The lowest BCUT2D eigenvalue weighted by Crippen LogP contribution is -2.32. The molecule has 0 spiro atoms. The van der Waals surface area contributed by atoms with E-state index in [9.17, 15) is 14.9 Å². The van der Waals surface area contributed by atoms with Crippen LogP contribution in [0, 0.1) is 10.1 Å². The van der Waals surface area contributed by atoms with Gasteiger partial charge in [-0.05, 0) is 6.92 Å². The highest BCUT2D eigenvalue weighted by atomic mass is 35.5. The molecule has 7 nitrogen and oxygen atoms in total. The Morgan fingerprint density at radius 3 is 2.79 bits per heavy atom. The number of halogens is 1. The van der Waals surface area contributed by atoms with E-state index in [-0.39, 0.29) is 34.6 Å². The highest BCUT2D eigenvalue weighted by Gasteiger charge is 2.19. The van der Waals surface area contributed by atoms with E-state index >= 15 is 0 Å². The first-order valence-electron chi connectivity index (χ1n) is 5.41. The van der Waals surface area contributed by atoms with E-state index in [2.05, 4.69) is 5.32 Å². The number of nitrogen functional groups attached to an aromatic ring is 1. The lowest BCUT2D eigenvalue weighted by Gasteiger charge is -2.12. The van der Waals surface area contributed by atoms with Crippen molar-refractivity contribution >= 4 is 28.9 Å². The van der Waals surface area contributed by atoms with Crippen molar-refractivity contribution in [3.05, 3.63) is 32.8 Å². The van der Waals surface area contributed by atoms with E-state index in [4.69, 9.17) is 22.1 Å². The molecule has 3 N–H and O–H groups in total.